The Morgan fingerprint density at radius 3 is 2.85 bits per heavy atom. The Kier molecular flexibility index (Phi) is 4.01. The predicted octanol–water partition coefficient (Wildman–Crippen LogP) is 4.10. The SMILES string of the molecule is OC(Cc1ccc(Cl)cc1F)C1Cc2ccccc2S1. The monoisotopic (exact) mass is 308 g/mol. The molecular formula is C16H14ClFOS. The van der Waals surface area contributed by atoms with Gasteiger partial charge in [-0.2, -0.15) is 0 Å². The van der Waals surface area contributed by atoms with E-state index in [9.17, 15) is 9.50 Å². The highest BCUT2D eigenvalue weighted by Gasteiger charge is 2.28. The van der Waals surface area contributed by atoms with E-state index in [-0.39, 0.29) is 11.1 Å². The number of fused-ring (bicyclic) bond motifs is 1. The number of aliphatic hydroxyl groups excluding tert-OH is 1. The van der Waals surface area contributed by atoms with Gasteiger partial charge >= 0.3 is 0 Å². The summed E-state index contributed by atoms with van der Waals surface area (Å²) in [7, 11) is 0. The van der Waals surface area contributed by atoms with Gasteiger partial charge in [-0.15, -0.1) is 11.8 Å². The van der Waals surface area contributed by atoms with Crippen LogP contribution in [-0.4, -0.2) is 16.5 Å². The van der Waals surface area contributed by atoms with Crippen molar-refractivity contribution in [2.24, 2.45) is 0 Å². The van der Waals surface area contributed by atoms with Crippen molar-refractivity contribution < 1.29 is 9.50 Å². The Labute approximate surface area is 126 Å². The summed E-state index contributed by atoms with van der Waals surface area (Å²) in [4.78, 5) is 1.22. The lowest BCUT2D eigenvalue weighted by atomic mass is 10.0. The van der Waals surface area contributed by atoms with Crippen LogP contribution in [0.5, 0.6) is 0 Å². The summed E-state index contributed by atoms with van der Waals surface area (Å²) in [6.45, 7) is 0. The van der Waals surface area contributed by atoms with Crippen LogP contribution in [-0.2, 0) is 12.8 Å². The zero-order valence-corrected chi connectivity index (χ0v) is 12.3. The Balaban J connectivity index is 1.70. The van der Waals surface area contributed by atoms with E-state index in [0.29, 0.717) is 17.0 Å². The molecule has 0 radical (unpaired) electrons. The molecule has 2 aromatic carbocycles. The molecule has 1 aliphatic rings. The van der Waals surface area contributed by atoms with Crippen molar-refractivity contribution in [2.75, 3.05) is 0 Å². The second-order valence-corrected chi connectivity index (χ2v) is 6.69. The number of thioether (sulfide) groups is 1. The third-order valence-electron chi connectivity index (χ3n) is 3.55. The molecule has 1 nitrogen and oxygen atoms in total. The molecule has 4 heteroatoms. The average molecular weight is 309 g/mol. The molecule has 0 fully saturated rings. The van der Waals surface area contributed by atoms with Crippen molar-refractivity contribution in [3.8, 4) is 0 Å². The summed E-state index contributed by atoms with van der Waals surface area (Å²) in [5, 5.41) is 10.8. The van der Waals surface area contributed by atoms with E-state index in [1.807, 2.05) is 12.1 Å². The van der Waals surface area contributed by atoms with Gasteiger partial charge in [-0.3, -0.25) is 0 Å². The Morgan fingerprint density at radius 1 is 1.30 bits per heavy atom. The maximum absolute atomic E-state index is 13.8. The largest absolute Gasteiger partial charge is 0.392 e. The van der Waals surface area contributed by atoms with E-state index >= 15 is 0 Å². The molecule has 1 N–H and O–H groups in total. The quantitative estimate of drug-likeness (QED) is 0.921. The minimum absolute atomic E-state index is 0.0856. The summed E-state index contributed by atoms with van der Waals surface area (Å²) in [5.74, 6) is -0.350. The topological polar surface area (TPSA) is 20.2 Å². The zero-order valence-electron chi connectivity index (χ0n) is 10.7. The first-order chi connectivity index (χ1) is 9.63. The van der Waals surface area contributed by atoms with E-state index in [2.05, 4.69) is 12.1 Å². The fraction of sp³-hybridized carbons (Fsp3) is 0.250. The molecule has 0 saturated heterocycles. The molecule has 104 valence electrons. The smallest absolute Gasteiger partial charge is 0.127 e. The van der Waals surface area contributed by atoms with Crippen LogP contribution in [0.15, 0.2) is 47.4 Å². The van der Waals surface area contributed by atoms with Crippen molar-refractivity contribution in [3.63, 3.8) is 0 Å². The fourth-order valence-electron chi connectivity index (χ4n) is 2.47. The van der Waals surface area contributed by atoms with Gasteiger partial charge in [0.2, 0.25) is 0 Å². The van der Waals surface area contributed by atoms with Gasteiger partial charge in [0.1, 0.15) is 5.82 Å². The highest BCUT2D eigenvalue weighted by atomic mass is 35.5. The predicted molar refractivity (Wildman–Crippen MR) is 80.9 cm³/mol. The van der Waals surface area contributed by atoms with Crippen LogP contribution in [0.1, 0.15) is 11.1 Å². The van der Waals surface area contributed by atoms with Crippen molar-refractivity contribution in [1.82, 2.24) is 0 Å². The standard InChI is InChI=1S/C16H14ClFOS/c17-12-6-5-10(13(18)9-12)7-14(19)16-8-11-3-1-2-4-15(11)20-16/h1-6,9,14,16,19H,7-8H2. The fourth-order valence-corrected chi connectivity index (χ4v) is 3.93. The van der Waals surface area contributed by atoms with Crippen LogP contribution >= 0.6 is 23.4 Å². The molecule has 0 spiro atoms. The van der Waals surface area contributed by atoms with Gasteiger partial charge in [0.15, 0.2) is 0 Å². The number of benzene rings is 2. The molecule has 2 aromatic rings. The van der Waals surface area contributed by atoms with Gasteiger partial charge in [-0.1, -0.05) is 35.9 Å². The zero-order chi connectivity index (χ0) is 14.1. The highest BCUT2D eigenvalue weighted by molar-refractivity contribution is 8.00. The summed E-state index contributed by atoms with van der Waals surface area (Å²) in [6.07, 6.45) is 0.578. The second-order valence-electron chi connectivity index (χ2n) is 4.98. The molecule has 0 saturated carbocycles. The number of aliphatic hydroxyl groups is 1. The minimum atomic E-state index is -0.567. The molecular weight excluding hydrogens is 295 g/mol. The molecule has 1 heterocycles. The van der Waals surface area contributed by atoms with E-state index in [0.717, 1.165) is 6.42 Å². The molecule has 1 aliphatic heterocycles. The summed E-state index contributed by atoms with van der Waals surface area (Å²) < 4.78 is 13.8. The molecule has 0 aromatic heterocycles. The Bertz CT molecular complexity index is 607. The first-order valence-electron chi connectivity index (χ1n) is 6.50. The Hall–Kier alpha value is -1.03. The minimum Gasteiger partial charge on any atom is -0.392 e. The van der Waals surface area contributed by atoms with Crippen LogP contribution < -0.4 is 0 Å². The second kappa shape index (κ2) is 5.76. The van der Waals surface area contributed by atoms with Gasteiger partial charge in [0, 0.05) is 21.6 Å². The van der Waals surface area contributed by atoms with Crippen molar-refractivity contribution in [1.29, 1.82) is 0 Å². The maximum atomic E-state index is 13.8. The summed E-state index contributed by atoms with van der Waals surface area (Å²) >= 11 is 7.41. The molecule has 2 atom stereocenters. The van der Waals surface area contributed by atoms with Crippen molar-refractivity contribution in [3.05, 3.63) is 64.4 Å². The van der Waals surface area contributed by atoms with Crippen LogP contribution in [0.25, 0.3) is 0 Å². The number of hydrogen-bond donors (Lipinski definition) is 1. The third kappa shape index (κ3) is 2.85. The highest BCUT2D eigenvalue weighted by Crippen LogP contribution is 2.39. The molecule has 2 unspecified atom stereocenters. The van der Waals surface area contributed by atoms with Gasteiger partial charge < -0.3 is 5.11 Å². The van der Waals surface area contributed by atoms with Crippen LogP contribution in [0.3, 0.4) is 0 Å². The third-order valence-corrected chi connectivity index (χ3v) is 5.22. The van der Waals surface area contributed by atoms with E-state index in [1.54, 1.807) is 23.9 Å². The normalized spacial score (nSPS) is 18.9. The van der Waals surface area contributed by atoms with Crippen LogP contribution in [0.4, 0.5) is 4.39 Å². The average Bonchev–Trinajstić information content (AvgIpc) is 2.86. The Morgan fingerprint density at radius 2 is 2.10 bits per heavy atom. The van der Waals surface area contributed by atoms with Gasteiger partial charge in [0.25, 0.3) is 0 Å². The van der Waals surface area contributed by atoms with Gasteiger partial charge in [0.05, 0.1) is 6.10 Å². The lowest BCUT2D eigenvalue weighted by Gasteiger charge is -2.17. The number of hydrogen-bond acceptors (Lipinski definition) is 2. The molecule has 3 rings (SSSR count). The van der Waals surface area contributed by atoms with Crippen LogP contribution in [0, 0.1) is 5.82 Å². The lowest BCUT2D eigenvalue weighted by Crippen LogP contribution is -2.25. The van der Waals surface area contributed by atoms with Gasteiger partial charge in [-0.25, -0.2) is 4.39 Å². The summed E-state index contributed by atoms with van der Waals surface area (Å²) in [6, 6.07) is 12.7. The summed E-state index contributed by atoms with van der Waals surface area (Å²) in [5.41, 5.74) is 1.77. The molecule has 20 heavy (non-hydrogen) atoms. The molecule has 0 amide bonds. The first-order valence-corrected chi connectivity index (χ1v) is 7.76. The van der Waals surface area contributed by atoms with Gasteiger partial charge in [-0.05, 0) is 35.7 Å². The number of rotatable bonds is 3. The molecule has 0 aliphatic carbocycles. The first kappa shape index (κ1) is 13.9. The lowest BCUT2D eigenvalue weighted by molar-refractivity contribution is 0.171. The molecule has 0 bridgehead atoms. The van der Waals surface area contributed by atoms with Crippen molar-refractivity contribution in [2.45, 2.75) is 29.1 Å². The van der Waals surface area contributed by atoms with Crippen molar-refractivity contribution >= 4 is 23.4 Å². The van der Waals surface area contributed by atoms with E-state index in [1.165, 1.54) is 16.5 Å². The maximum Gasteiger partial charge on any atom is 0.127 e. The van der Waals surface area contributed by atoms with E-state index < -0.39 is 6.10 Å². The van der Waals surface area contributed by atoms with Crippen LogP contribution in [0.2, 0.25) is 5.02 Å². The van der Waals surface area contributed by atoms with E-state index in [4.69, 9.17) is 11.6 Å². The number of halogens is 2.